The minimum absolute atomic E-state index is 0.0862. The van der Waals surface area contributed by atoms with Gasteiger partial charge in [-0.3, -0.25) is 0 Å². The largest absolute Gasteiger partial charge is 0.495 e. The van der Waals surface area contributed by atoms with Crippen molar-refractivity contribution in [3.8, 4) is 0 Å². The van der Waals surface area contributed by atoms with E-state index in [0.29, 0.717) is 0 Å². The first-order chi connectivity index (χ1) is 12.6. The first-order valence-electron chi connectivity index (χ1n) is 9.87. The maximum atomic E-state index is 8.08. The van der Waals surface area contributed by atoms with Crippen molar-refractivity contribution >= 4 is 24.5 Å². The number of nitrogens with one attached hydrogen (secondary N) is 2. The highest BCUT2D eigenvalue weighted by molar-refractivity contribution is 6.64. The van der Waals surface area contributed by atoms with Crippen LogP contribution in [-0.2, 0) is 14.0 Å². The van der Waals surface area contributed by atoms with Crippen LogP contribution in [0, 0.1) is 19.3 Å². The summed E-state index contributed by atoms with van der Waals surface area (Å²) in [4.78, 5) is 0. The SMILES string of the molecule is CCCCC(Nc1cc(C)c(C)c(B2OC(C)(C)C(C)(C)O2)c1C=N)OC. The summed E-state index contributed by atoms with van der Waals surface area (Å²) in [6.07, 6.45) is 4.42. The third kappa shape index (κ3) is 4.39. The van der Waals surface area contributed by atoms with Gasteiger partial charge in [-0.1, -0.05) is 13.3 Å². The summed E-state index contributed by atoms with van der Waals surface area (Å²) < 4.78 is 18.2. The number of rotatable bonds is 8. The van der Waals surface area contributed by atoms with E-state index in [4.69, 9.17) is 19.5 Å². The van der Waals surface area contributed by atoms with Gasteiger partial charge < -0.3 is 24.8 Å². The summed E-state index contributed by atoms with van der Waals surface area (Å²) >= 11 is 0. The Morgan fingerprint density at radius 1 is 1.22 bits per heavy atom. The molecule has 2 rings (SSSR count). The Morgan fingerprint density at radius 2 is 1.81 bits per heavy atom. The zero-order valence-corrected chi connectivity index (χ0v) is 18.2. The Labute approximate surface area is 164 Å². The molecule has 1 atom stereocenters. The molecule has 0 bridgehead atoms. The molecule has 5 nitrogen and oxygen atoms in total. The fraction of sp³-hybridized carbons (Fsp3) is 0.667. The second-order valence-electron chi connectivity index (χ2n) is 8.44. The molecule has 2 N–H and O–H groups in total. The minimum Gasteiger partial charge on any atom is -0.399 e. The molecule has 1 aliphatic rings. The van der Waals surface area contributed by atoms with Gasteiger partial charge in [0.25, 0.3) is 0 Å². The average molecular weight is 374 g/mol. The zero-order valence-electron chi connectivity index (χ0n) is 18.2. The first kappa shape index (κ1) is 21.9. The van der Waals surface area contributed by atoms with Gasteiger partial charge >= 0.3 is 7.12 Å². The van der Waals surface area contributed by atoms with Crippen LogP contribution in [0.1, 0.15) is 70.6 Å². The van der Waals surface area contributed by atoms with Crippen LogP contribution in [0.5, 0.6) is 0 Å². The molecule has 0 spiro atoms. The van der Waals surface area contributed by atoms with Gasteiger partial charge in [0.1, 0.15) is 6.23 Å². The van der Waals surface area contributed by atoms with E-state index in [1.54, 1.807) is 7.11 Å². The van der Waals surface area contributed by atoms with Gasteiger partial charge in [0.15, 0.2) is 0 Å². The molecule has 1 aromatic carbocycles. The van der Waals surface area contributed by atoms with Crippen LogP contribution in [0.4, 0.5) is 5.69 Å². The third-order valence-corrected chi connectivity index (χ3v) is 5.99. The van der Waals surface area contributed by atoms with Crippen molar-refractivity contribution in [3.63, 3.8) is 0 Å². The lowest BCUT2D eigenvalue weighted by Crippen LogP contribution is -2.41. The molecule has 150 valence electrons. The van der Waals surface area contributed by atoms with Crippen LogP contribution < -0.4 is 10.8 Å². The first-order valence-corrected chi connectivity index (χ1v) is 9.87. The van der Waals surface area contributed by atoms with E-state index in [0.717, 1.165) is 47.1 Å². The summed E-state index contributed by atoms with van der Waals surface area (Å²) in [5, 5.41) is 11.5. The molecule has 1 fully saturated rings. The maximum Gasteiger partial charge on any atom is 0.495 e. The lowest BCUT2D eigenvalue weighted by Gasteiger charge is -2.32. The van der Waals surface area contributed by atoms with E-state index < -0.39 is 18.3 Å². The lowest BCUT2D eigenvalue weighted by molar-refractivity contribution is 0.00578. The molecular weight excluding hydrogens is 339 g/mol. The predicted molar refractivity (Wildman–Crippen MR) is 113 cm³/mol. The van der Waals surface area contributed by atoms with Crippen molar-refractivity contribution < 1.29 is 14.0 Å². The second-order valence-corrected chi connectivity index (χ2v) is 8.44. The standard InChI is InChI=1S/C21H35BN2O3/c1-9-10-11-18(25-8)24-17-12-14(2)15(3)19(16(17)13-23)22-26-20(4,5)21(6,7)27-22/h12-13,18,23-24H,9-11H2,1-8H3. The molecule has 0 aliphatic carbocycles. The Morgan fingerprint density at radius 3 is 2.30 bits per heavy atom. The van der Waals surface area contributed by atoms with E-state index in [9.17, 15) is 0 Å². The molecule has 0 aromatic heterocycles. The number of unbranched alkanes of at least 4 members (excludes halogenated alkanes) is 1. The molecule has 0 amide bonds. The summed E-state index contributed by atoms with van der Waals surface area (Å²) in [6.45, 7) is 14.5. The fourth-order valence-electron chi connectivity index (χ4n) is 3.31. The monoisotopic (exact) mass is 374 g/mol. The normalized spacial score (nSPS) is 19.2. The van der Waals surface area contributed by atoms with Crippen LogP contribution in [0.25, 0.3) is 0 Å². The summed E-state index contributed by atoms with van der Waals surface area (Å²) in [5.41, 5.74) is 4.01. The summed E-state index contributed by atoms with van der Waals surface area (Å²) in [5.74, 6) is 0. The Bertz CT molecular complexity index is 672. The van der Waals surface area contributed by atoms with Gasteiger partial charge in [-0.15, -0.1) is 0 Å². The zero-order chi connectivity index (χ0) is 20.4. The summed E-state index contributed by atoms with van der Waals surface area (Å²) in [6, 6.07) is 2.09. The van der Waals surface area contributed by atoms with E-state index in [-0.39, 0.29) is 6.23 Å². The molecule has 1 heterocycles. The quantitative estimate of drug-likeness (QED) is 0.407. The van der Waals surface area contributed by atoms with Gasteiger partial charge in [0.05, 0.1) is 11.2 Å². The molecule has 1 saturated heterocycles. The van der Waals surface area contributed by atoms with Crippen LogP contribution in [0.15, 0.2) is 6.07 Å². The number of benzene rings is 1. The number of hydrogen-bond acceptors (Lipinski definition) is 5. The number of methoxy groups -OCH3 is 1. The second kappa shape index (κ2) is 8.33. The van der Waals surface area contributed by atoms with Crippen molar-refractivity contribution in [2.75, 3.05) is 12.4 Å². The van der Waals surface area contributed by atoms with Crippen LogP contribution in [0.2, 0.25) is 0 Å². The maximum absolute atomic E-state index is 8.08. The van der Waals surface area contributed by atoms with Crippen molar-refractivity contribution in [2.45, 2.75) is 85.2 Å². The van der Waals surface area contributed by atoms with Crippen LogP contribution >= 0.6 is 0 Å². The Hall–Kier alpha value is -1.37. The van der Waals surface area contributed by atoms with E-state index in [2.05, 4.69) is 32.2 Å². The molecule has 27 heavy (non-hydrogen) atoms. The highest BCUT2D eigenvalue weighted by atomic mass is 16.7. The van der Waals surface area contributed by atoms with E-state index in [1.165, 1.54) is 6.21 Å². The minimum atomic E-state index is -0.497. The third-order valence-electron chi connectivity index (χ3n) is 5.99. The van der Waals surface area contributed by atoms with Crippen molar-refractivity contribution in [2.24, 2.45) is 0 Å². The fourth-order valence-corrected chi connectivity index (χ4v) is 3.31. The van der Waals surface area contributed by atoms with Crippen molar-refractivity contribution in [1.29, 1.82) is 5.41 Å². The van der Waals surface area contributed by atoms with Gasteiger partial charge in [-0.05, 0) is 77.0 Å². The Balaban J connectivity index is 2.46. The van der Waals surface area contributed by atoms with Crippen molar-refractivity contribution in [1.82, 2.24) is 0 Å². The predicted octanol–water partition coefficient (Wildman–Crippen LogP) is 4.17. The highest BCUT2D eigenvalue weighted by Gasteiger charge is 2.52. The molecular formula is C21H35BN2O3. The number of anilines is 1. The van der Waals surface area contributed by atoms with Crippen molar-refractivity contribution in [3.05, 3.63) is 22.8 Å². The van der Waals surface area contributed by atoms with Gasteiger partial charge in [-0.2, -0.15) is 0 Å². The summed E-state index contributed by atoms with van der Waals surface area (Å²) in [7, 11) is 1.22. The number of ether oxygens (including phenoxy) is 1. The van der Waals surface area contributed by atoms with Crippen LogP contribution in [-0.4, -0.2) is 37.9 Å². The number of aryl methyl sites for hydroxylation is 1. The molecule has 1 unspecified atom stereocenters. The topological polar surface area (TPSA) is 63.6 Å². The van der Waals surface area contributed by atoms with E-state index in [1.807, 2.05) is 27.7 Å². The average Bonchev–Trinajstić information content (AvgIpc) is 2.81. The van der Waals surface area contributed by atoms with Gasteiger partial charge in [0.2, 0.25) is 0 Å². The molecule has 1 aliphatic heterocycles. The van der Waals surface area contributed by atoms with E-state index >= 15 is 0 Å². The molecule has 1 aromatic rings. The van der Waals surface area contributed by atoms with Gasteiger partial charge in [-0.25, -0.2) is 0 Å². The molecule has 0 radical (unpaired) electrons. The molecule has 0 saturated carbocycles. The Kier molecular flexibility index (Phi) is 6.77. The molecule has 6 heteroatoms. The lowest BCUT2D eigenvalue weighted by atomic mass is 9.71. The van der Waals surface area contributed by atoms with Gasteiger partial charge in [0, 0.05) is 24.6 Å². The highest BCUT2D eigenvalue weighted by Crippen LogP contribution is 2.37. The smallest absolute Gasteiger partial charge is 0.399 e. The van der Waals surface area contributed by atoms with Crippen LogP contribution in [0.3, 0.4) is 0 Å². The number of hydrogen-bond donors (Lipinski definition) is 2.